The maximum Gasteiger partial charge on any atom is 0.235 e. The summed E-state index contributed by atoms with van der Waals surface area (Å²) in [5.74, 6) is 4.82. The largest absolute Gasteiger partial charge is 0.351 e. The fourth-order valence-corrected chi connectivity index (χ4v) is 4.16. The van der Waals surface area contributed by atoms with E-state index in [0.29, 0.717) is 38.5 Å². The molecule has 164 valence electrons. The van der Waals surface area contributed by atoms with Crippen molar-refractivity contribution in [2.24, 2.45) is 5.41 Å². The zero-order valence-electron chi connectivity index (χ0n) is 18.3. The number of hydrogen-bond acceptors (Lipinski definition) is 2. The van der Waals surface area contributed by atoms with Gasteiger partial charge in [0.15, 0.2) is 0 Å². The third-order valence-corrected chi connectivity index (χ3v) is 6.13. The lowest BCUT2D eigenvalue weighted by Crippen LogP contribution is -2.58. The van der Waals surface area contributed by atoms with Gasteiger partial charge in [-0.1, -0.05) is 67.1 Å². The van der Waals surface area contributed by atoms with Crippen LogP contribution in [0.25, 0.3) is 0 Å². The zero-order chi connectivity index (χ0) is 22.8. The average molecular weight is 427 g/mol. The van der Waals surface area contributed by atoms with Gasteiger partial charge >= 0.3 is 0 Å². The highest BCUT2D eigenvalue weighted by molar-refractivity contribution is 6.06. The standard InChI is InChI=1S/C28H30N2O2/c1-3-12-24(20-22-14-7-5-8-15-22)29-26(31)28(18-11-19-28)27(32)30-25(13-4-2)21-23-16-9-6-10-17-23/h1-2,5-10,14-17,24-25H,11-13,18-21H2,(H,29,31)(H,30,32). The molecular formula is C28H30N2O2. The molecule has 2 aromatic rings. The maximum atomic E-state index is 13.3. The van der Waals surface area contributed by atoms with Crippen LogP contribution in [0.3, 0.4) is 0 Å². The Hall–Kier alpha value is -3.50. The number of hydrogen-bond donors (Lipinski definition) is 2. The van der Waals surface area contributed by atoms with Crippen LogP contribution in [0.15, 0.2) is 60.7 Å². The van der Waals surface area contributed by atoms with Crippen molar-refractivity contribution in [3.63, 3.8) is 0 Å². The maximum absolute atomic E-state index is 13.3. The van der Waals surface area contributed by atoms with Gasteiger partial charge < -0.3 is 10.6 Å². The molecule has 2 N–H and O–H groups in total. The molecule has 0 saturated heterocycles. The lowest BCUT2D eigenvalue weighted by atomic mass is 9.67. The number of nitrogens with one attached hydrogen (secondary N) is 2. The van der Waals surface area contributed by atoms with Crippen molar-refractivity contribution in [2.75, 3.05) is 0 Å². The van der Waals surface area contributed by atoms with E-state index in [0.717, 1.165) is 17.5 Å². The molecule has 2 unspecified atom stereocenters. The fourth-order valence-electron chi connectivity index (χ4n) is 4.16. The van der Waals surface area contributed by atoms with Crippen molar-refractivity contribution in [3.8, 4) is 24.7 Å². The predicted molar refractivity (Wildman–Crippen MR) is 127 cm³/mol. The molecule has 4 nitrogen and oxygen atoms in total. The molecule has 2 amide bonds. The molecule has 1 aliphatic rings. The Balaban J connectivity index is 1.68. The Morgan fingerprint density at radius 3 is 1.50 bits per heavy atom. The highest BCUT2D eigenvalue weighted by Gasteiger charge is 2.51. The number of amides is 2. The molecule has 0 aromatic heterocycles. The van der Waals surface area contributed by atoms with Crippen LogP contribution in [0.1, 0.15) is 43.2 Å². The van der Waals surface area contributed by atoms with Crippen molar-refractivity contribution in [3.05, 3.63) is 71.8 Å². The smallest absolute Gasteiger partial charge is 0.235 e. The van der Waals surface area contributed by atoms with Gasteiger partial charge in [-0.15, -0.1) is 24.7 Å². The quantitative estimate of drug-likeness (QED) is 0.450. The first-order chi connectivity index (χ1) is 15.6. The fraction of sp³-hybridized carbons (Fsp3) is 0.357. The lowest BCUT2D eigenvalue weighted by molar-refractivity contribution is -0.150. The average Bonchev–Trinajstić information content (AvgIpc) is 2.74. The van der Waals surface area contributed by atoms with Crippen LogP contribution in [-0.4, -0.2) is 23.9 Å². The summed E-state index contributed by atoms with van der Waals surface area (Å²) in [5.41, 5.74) is 1.14. The molecule has 3 rings (SSSR count). The zero-order valence-corrected chi connectivity index (χ0v) is 18.3. The molecule has 4 heteroatoms. The summed E-state index contributed by atoms with van der Waals surface area (Å²) in [7, 11) is 0. The van der Waals surface area contributed by atoms with Gasteiger partial charge in [-0.05, 0) is 36.8 Å². The molecule has 0 heterocycles. The number of rotatable bonds is 10. The molecule has 32 heavy (non-hydrogen) atoms. The minimum Gasteiger partial charge on any atom is -0.351 e. The molecule has 1 fully saturated rings. The van der Waals surface area contributed by atoms with E-state index in [4.69, 9.17) is 12.8 Å². The lowest BCUT2D eigenvalue weighted by Gasteiger charge is -2.40. The van der Waals surface area contributed by atoms with Crippen molar-refractivity contribution >= 4 is 11.8 Å². The van der Waals surface area contributed by atoms with Gasteiger partial charge in [-0.2, -0.15) is 0 Å². The summed E-state index contributed by atoms with van der Waals surface area (Å²) in [6, 6.07) is 19.4. The number of benzene rings is 2. The first-order valence-electron chi connectivity index (χ1n) is 11.1. The van der Waals surface area contributed by atoms with E-state index in [1.807, 2.05) is 60.7 Å². The highest BCUT2D eigenvalue weighted by Crippen LogP contribution is 2.42. The molecule has 2 aromatic carbocycles. The monoisotopic (exact) mass is 426 g/mol. The van der Waals surface area contributed by atoms with Crippen LogP contribution >= 0.6 is 0 Å². The van der Waals surface area contributed by atoms with Crippen LogP contribution in [-0.2, 0) is 22.4 Å². The van der Waals surface area contributed by atoms with Crippen LogP contribution in [0.4, 0.5) is 0 Å². The molecule has 0 bridgehead atoms. The van der Waals surface area contributed by atoms with Gasteiger partial charge in [-0.25, -0.2) is 0 Å². The topological polar surface area (TPSA) is 58.2 Å². The number of terminal acetylenes is 2. The first-order valence-corrected chi connectivity index (χ1v) is 11.1. The summed E-state index contributed by atoms with van der Waals surface area (Å²) < 4.78 is 0. The molecule has 0 radical (unpaired) electrons. The summed E-state index contributed by atoms with van der Waals surface area (Å²) >= 11 is 0. The molecule has 2 atom stereocenters. The van der Waals surface area contributed by atoms with Gasteiger partial charge in [0.25, 0.3) is 0 Å². The van der Waals surface area contributed by atoms with Crippen molar-refractivity contribution in [2.45, 2.75) is 57.0 Å². The van der Waals surface area contributed by atoms with Crippen LogP contribution < -0.4 is 10.6 Å². The van der Waals surface area contributed by atoms with Crippen LogP contribution in [0.2, 0.25) is 0 Å². The normalized spacial score (nSPS) is 15.8. The summed E-state index contributed by atoms with van der Waals surface area (Å²) in [6.45, 7) is 0. The molecular weight excluding hydrogens is 396 g/mol. The van der Waals surface area contributed by atoms with Crippen molar-refractivity contribution in [1.29, 1.82) is 0 Å². The van der Waals surface area contributed by atoms with E-state index in [2.05, 4.69) is 22.5 Å². The minimum absolute atomic E-state index is 0.217. The van der Waals surface area contributed by atoms with E-state index in [1.54, 1.807) is 0 Å². The van der Waals surface area contributed by atoms with E-state index in [1.165, 1.54) is 0 Å². The third-order valence-electron chi connectivity index (χ3n) is 6.13. The van der Waals surface area contributed by atoms with Crippen LogP contribution in [0, 0.1) is 30.1 Å². The van der Waals surface area contributed by atoms with Gasteiger partial charge in [0.1, 0.15) is 5.41 Å². The predicted octanol–water partition coefficient (Wildman–Crippen LogP) is 3.66. The van der Waals surface area contributed by atoms with Crippen LogP contribution in [0.5, 0.6) is 0 Å². The summed E-state index contributed by atoms with van der Waals surface area (Å²) in [4.78, 5) is 26.6. The Bertz CT molecular complexity index is 904. The summed E-state index contributed by atoms with van der Waals surface area (Å²) in [5, 5.41) is 6.12. The molecule has 0 spiro atoms. The second kappa shape index (κ2) is 11.2. The third kappa shape index (κ3) is 5.80. The van der Waals surface area contributed by atoms with E-state index >= 15 is 0 Å². The van der Waals surface area contributed by atoms with Gasteiger partial charge in [0, 0.05) is 24.9 Å². The Labute approximate surface area is 191 Å². The number of carbonyl (C=O) groups excluding carboxylic acids is 2. The molecule has 1 aliphatic carbocycles. The first kappa shape index (κ1) is 23.2. The van der Waals surface area contributed by atoms with Crippen molar-refractivity contribution in [1.82, 2.24) is 10.6 Å². The Kier molecular flexibility index (Phi) is 8.12. The second-order valence-electron chi connectivity index (χ2n) is 8.47. The van der Waals surface area contributed by atoms with Gasteiger partial charge in [0.2, 0.25) is 11.8 Å². The molecule has 1 saturated carbocycles. The Morgan fingerprint density at radius 1 is 0.781 bits per heavy atom. The second-order valence-corrected chi connectivity index (χ2v) is 8.47. The SMILES string of the molecule is C#CCC(Cc1ccccc1)NC(=O)C1(C(=O)NC(CC#C)Cc2ccccc2)CCC1. The van der Waals surface area contributed by atoms with Gasteiger partial charge in [0.05, 0.1) is 0 Å². The van der Waals surface area contributed by atoms with E-state index < -0.39 is 5.41 Å². The number of carbonyl (C=O) groups is 2. The van der Waals surface area contributed by atoms with E-state index in [-0.39, 0.29) is 23.9 Å². The summed E-state index contributed by atoms with van der Waals surface area (Å²) in [6.07, 6.45) is 15.1. The highest BCUT2D eigenvalue weighted by atomic mass is 16.2. The van der Waals surface area contributed by atoms with E-state index in [9.17, 15) is 9.59 Å². The van der Waals surface area contributed by atoms with Gasteiger partial charge in [-0.3, -0.25) is 9.59 Å². The molecule has 0 aliphatic heterocycles. The Morgan fingerprint density at radius 2 is 1.19 bits per heavy atom. The minimum atomic E-state index is -1.05. The van der Waals surface area contributed by atoms with Crippen molar-refractivity contribution < 1.29 is 9.59 Å².